The predicted molar refractivity (Wildman–Crippen MR) is 72.2 cm³/mol. The highest BCUT2D eigenvalue weighted by atomic mass is 35.5. The van der Waals surface area contributed by atoms with Crippen LogP contribution in [0.2, 0.25) is 5.02 Å². The van der Waals surface area contributed by atoms with E-state index >= 15 is 0 Å². The number of carboxylic acids is 1. The molecule has 0 aliphatic heterocycles. The molecule has 1 N–H and O–H groups in total. The van der Waals surface area contributed by atoms with Crippen LogP contribution >= 0.6 is 11.6 Å². The summed E-state index contributed by atoms with van der Waals surface area (Å²) in [6.07, 6.45) is 2.53. The topological polar surface area (TPSA) is 49.8 Å². The van der Waals surface area contributed by atoms with Crippen LogP contribution in [0, 0.1) is 0 Å². The average molecular weight is 270 g/mol. The van der Waals surface area contributed by atoms with E-state index in [-0.39, 0.29) is 0 Å². The molecule has 0 saturated heterocycles. The lowest BCUT2D eigenvalue weighted by molar-refractivity contribution is -0.131. The number of nitrogens with zero attached hydrogens (tertiary/aromatic N) is 1. The van der Waals surface area contributed by atoms with Gasteiger partial charge in [0.1, 0.15) is 12.4 Å². The summed E-state index contributed by atoms with van der Waals surface area (Å²) in [5, 5.41) is 9.16. The van der Waals surface area contributed by atoms with Gasteiger partial charge in [-0.25, -0.2) is 4.79 Å². The molecular formula is C13H16ClNO3. The Bertz CT molecular complexity index is 444. The molecule has 0 atom stereocenters. The molecule has 98 valence electrons. The second kappa shape index (κ2) is 7.03. The van der Waals surface area contributed by atoms with Gasteiger partial charge in [-0.1, -0.05) is 11.6 Å². The molecule has 0 radical (unpaired) electrons. The summed E-state index contributed by atoms with van der Waals surface area (Å²) in [5.41, 5.74) is 0.656. The molecule has 4 nitrogen and oxygen atoms in total. The van der Waals surface area contributed by atoms with Crippen molar-refractivity contribution in [3.8, 4) is 5.75 Å². The molecule has 1 aromatic carbocycles. The van der Waals surface area contributed by atoms with Gasteiger partial charge in [-0.2, -0.15) is 0 Å². The quantitative estimate of drug-likeness (QED) is 0.806. The largest absolute Gasteiger partial charge is 0.492 e. The van der Waals surface area contributed by atoms with Crippen molar-refractivity contribution in [3.63, 3.8) is 0 Å². The van der Waals surface area contributed by atoms with E-state index in [9.17, 15) is 4.79 Å². The standard InChI is InChI=1S/C13H16ClNO3/c1-15(2)7-8-18-12-5-4-11(14)9-10(12)3-6-13(16)17/h3-6,9H,7-8H2,1-2H3,(H,16,17). The highest BCUT2D eigenvalue weighted by Gasteiger charge is 2.03. The van der Waals surface area contributed by atoms with Crippen LogP contribution in [-0.2, 0) is 4.79 Å². The average Bonchev–Trinajstić information content (AvgIpc) is 2.28. The number of hydrogen-bond donors (Lipinski definition) is 1. The summed E-state index contributed by atoms with van der Waals surface area (Å²) in [6.45, 7) is 1.31. The number of ether oxygens (including phenoxy) is 1. The van der Waals surface area contributed by atoms with Gasteiger partial charge in [0.15, 0.2) is 0 Å². The normalized spacial score (nSPS) is 11.1. The number of carboxylic acid groups (broad SMARTS) is 1. The van der Waals surface area contributed by atoms with Crippen LogP contribution in [-0.4, -0.2) is 43.2 Å². The second-order valence-corrected chi connectivity index (χ2v) is 4.44. The van der Waals surface area contributed by atoms with Gasteiger partial charge in [-0.05, 0) is 38.4 Å². The molecule has 5 heteroatoms. The van der Waals surface area contributed by atoms with Crippen molar-refractivity contribution in [3.05, 3.63) is 34.9 Å². The Morgan fingerprint density at radius 1 is 1.50 bits per heavy atom. The van der Waals surface area contributed by atoms with Gasteiger partial charge in [-0.3, -0.25) is 0 Å². The molecule has 0 spiro atoms. The van der Waals surface area contributed by atoms with E-state index in [2.05, 4.69) is 0 Å². The fourth-order valence-electron chi connectivity index (χ4n) is 1.28. The minimum Gasteiger partial charge on any atom is -0.492 e. The first-order chi connectivity index (χ1) is 8.49. The van der Waals surface area contributed by atoms with E-state index in [1.807, 2.05) is 19.0 Å². The van der Waals surface area contributed by atoms with Crippen molar-refractivity contribution < 1.29 is 14.6 Å². The fourth-order valence-corrected chi connectivity index (χ4v) is 1.46. The molecule has 1 aromatic rings. The van der Waals surface area contributed by atoms with Gasteiger partial charge in [0.2, 0.25) is 0 Å². The Morgan fingerprint density at radius 3 is 2.83 bits per heavy atom. The van der Waals surface area contributed by atoms with Crippen LogP contribution in [0.5, 0.6) is 5.75 Å². The number of carbonyl (C=O) groups is 1. The van der Waals surface area contributed by atoms with E-state index in [1.54, 1.807) is 18.2 Å². The zero-order valence-electron chi connectivity index (χ0n) is 10.4. The minimum atomic E-state index is -1.01. The van der Waals surface area contributed by atoms with Crippen molar-refractivity contribution in [1.29, 1.82) is 0 Å². The maximum Gasteiger partial charge on any atom is 0.328 e. The monoisotopic (exact) mass is 269 g/mol. The fraction of sp³-hybridized carbons (Fsp3) is 0.308. The van der Waals surface area contributed by atoms with Crippen molar-refractivity contribution in [2.75, 3.05) is 27.2 Å². The third-order valence-electron chi connectivity index (χ3n) is 2.17. The van der Waals surface area contributed by atoms with Crippen LogP contribution in [0.4, 0.5) is 0 Å². The van der Waals surface area contributed by atoms with Crippen molar-refractivity contribution in [1.82, 2.24) is 4.90 Å². The Hall–Kier alpha value is -1.52. The molecular weight excluding hydrogens is 254 g/mol. The van der Waals surface area contributed by atoms with Crippen molar-refractivity contribution in [2.24, 2.45) is 0 Å². The van der Waals surface area contributed by atoms with Gasteiger partial charge >= 0.3 is 5.97 Å². The molecule has 0 fully saturated rings. The first-order valence-electron chi connectivity index (χ1n) is 5.47. The van der Waals surface area contributed by atoms with Crippen LogP contribution in [0.15, 0.2) is 24.3 Å². The van der Waals surface area contributed by atoms with Crippen LogP contribution in [0.3, 0.4) is 0 Å². The number of halogens is 1. The van der Waals surface area contributed by atoms with Crippen LogP contribution in [0.1, 0.15) is 5.56 Å². The van der Waals surface area contributed by atoms with Gasteiger partial charge in [-0.15, -0.1) is 0 Å². The van der Waals surface area contributed by atoms with Crippen LogP contribution < -0.4 is 4.74 Å². The second-order valence-electron chi connectivity index (χ2n) is 4.01. The summed E-state index contributed by atoms with van der Waals surface area (Å²) in [7, 11) is 3.91. The Morgan fingerprint density at radius 2 is 2.22 bits per heavy atom. The highest BCUT2D eigenvalue weighted by Crippen LogP contribution is 2.24. The lowest BCUT2D eigenvalue weighted by atomic mass is 10.2. The van der Waals surface area contributed by atoms with Crippen molar-refractivity contribution >= 4 is 23.6 Å². The third-order valence-corrected chi connectivity index (χ3v) is 2.41. The first kappa shape index (κ1) is 14.5. The van der Waals surface area contributed by atoms with Crippen LogP contribution in [0.25, 0.3) is 6.08 Å². The number of hydrogen-bond acceptors (Lipinski definition) is 3. The molecule has 0 aliphatic rings. The summed E-state index contributed by atoms with van der Waals surface area (Å²) in [4.78, 5) is 12.5. The molecule has 0 aliphatic carbocycles. The Balaban J connectivity index is 2.79. The summed E-state index contributed by atoms with van der Waals surface area (Å²) >= 11 is 5.87. The molecule has 1 rings (SSSR count). The zero-order chi connectivity index (χ0) is 13.5. The van der Waals surface area contributed by atoms with Gasteiger partial charge < -0.3 is 14.7 Å². The zero-order valence-corrected chi connectivity index (χ0v) is 11.1. The van der Waals surface area contributed by atoms with E-state index in [0.29, 0.717) is 22.9 Å². The van der Waals surface area contributed by atoms with Gasteiger partial charge in [0.25, 0.3) is 0 Å². The highest BCUT2D eigenvalue weighted by molar-refractivity contribution is 6.30. The molecule has 0 unspecified atom stereocenters. The molecule has 0 aromatic heterocycles. The lowest BCUT2D eigenvalue weighted by Crippen LogP contribution is -2.19. The maximum atomic E-state index is 10.5. The van der Waals surface area contributed by atoms with E-state index in [1.165, 1.54) is 6.08 Å². The number of rotatable bonds is 6. The van der Waals surface area contributed by atoms with E-state index < -0.39 is 5.97 Å². The SMILES string of the molecule is CN(C)CCOc1ccc(Cl)cc1C=CC(=O)O. The first-order valence-corrected chi connectivity index (χ1v) is 5.85. The van der Waals surface area contributed by atoms with Gasteiger partial charge in [0, 0.05) is 23.2 Å². The van der Waals surface area contributed by atoms with E-state index in [4.69, 9.17) is 21.4 Å². The number of benzene rings is 1. The molecule has 18 heavy (non-hydrogen) atoms. The van der Waals surface area contributed by atoms with E-state index in [0.717, 1.165) is 12.6 Å². The smallest absolute Gasteiger partial charge is 0.328 e. The van der Waals surface area contributed by atoms with Crippen molar-refractivity contribution in [2.45, 2.75) is 0 Å². The van der Waals surface area contributed by atoms with Gasteiger partial charge in [0.05, 0.1) is 0 Å². The molecule has 0 amide bonds. The predicted octanol–water partition coefficient (Wildman–Crippen LogP) is 2.38. The molecule has 0 heterocycles. The summed E-state index contributed by atoms with van der Waals surface area (Å²) < 4.78 is 5.59. The Kier molecular flexibility index (Phi) is 5.68. The lowest BCUT2D eigenvalue weighted by Gasteiger charge is -2.12. The maximum absolute atomic E-state index is 10.5. The molecule has 0 bridgehead atoms. The number of likely N-dealkylation sites (N-methyl/N-ethyl adjacent to an activating group) is 1. The summed E-state index contributed by atoms with van der Waals surface area (Å²) in [5.74, 6) is -0.382. The third kappa shape index (κ3) is 5.21. The molecule has 0 saturated carbocycles. The summed E-state index contributed by atoms with van der Waals surface area (Å²) in [6, 6.07) is 5.12. The Labute approximate surface area is 111 Å². The minimum absolute atomic E-state index is 0.530. The number of aliphatic carboxylic acids is 1.